The van der Waals surface area contributed by atoms with Crippen molar-refractivity contribution < 1.29 is 14.7 Å². The lowest BCUT2D eigenvalue weighted by atomic mass is 10.0. The van der Waals surface area contributed by atoms with Gasteiger partial charge in [-0.3, -0.25) is 4.79 Å². The van der Waals surface area contributed by atoms with E-state index in [-0.39, 0.29) is 18.1 Å². The lowest BCUT2D eigenvalue weighted by molar-refractivity contribution is -0.142. The van der Waals surface area contributed by atoms with Crippen molar-refractivity contribution in [1.29, 1.82) is 0 Å². The number of rotatable bonds is 7. The van der Waals surface area contributed by atoms with Gasteiger partial charge in [0.1, 0.15) is 0 Å². The molecular weight excluding hydrogens is 270 g/mol. The van der Waals surface area contributed by atoms with Crippen LogP contribution in [0.2, 0.25) is 0 Å². The Morgan fingerprint density at radius 1 is 1.29 bits per heavy atom. The third kappa shape index (κ3) is 6.33. The van der Waals surface area contributed by atoms with E-state index in [9.17, 15) is 9.59 Å². The number of carbonyl (C=O) groups is 2. The van der Waals surface area contributed by atoms with Crippen LogP contribution < -0.4 is 10.6 Å². The fraction of sp³-hybridized carbons (Fsp3) is 0.867. The first-order valence-electron chi connectivity index (χ1n) is 7.74. The van der Waals surface area contributed by atoms with E-state index in [0.29, 0.717) is 12.3 Å². The molecule has 1 rings (SSSR count). The number of carboxylic acids is 1. The zero-order valence-electron chi connectivity index (χ0n) is 13.6. The Morgan fingerprint density at radius 3 is 2.48 bits per heavy atom. The van der Waals surface area contributed by atoms with E-state index in [1.807, 2.05) is 19.0 Å². The van der Waals surface area contributed by atoms with E-state index in [0.717, 1.165) is 25.8 Å². The number of aliphatic carboxylic acids is 1. The van der Waals surface area contributed by atoms with Gasteiger partial charge in [0.15, 0.2) is 0 Å². The summed E-state index contributed by atoms with van der Waals surface area (Å²) < 4.78 is 0. The maximum atomic E-state index is 12.1. The summed E-state index contributed by atoms with van der Waals surface area (Å²) in [6, 6.07) is -0.424. The number of carboxylic acid groups (broad SMARTS) is 1. The van der Waals surface area contributed by atoms with E-state index < -0.39 is 11.9 Å². The van der Waals surface area contributed by atoms with Crippen molar-refractivity contribution in [3.63, 3.8) is 0 Å². The zero-order chi connectivity index (χ0) is 16.0. The van der Waals surface area contributed by atoms with Gasteiger partial charge in [0, 0.05) is 18.6 Å². The highest BCUT2D eigenvalue weighted by Gasteiger charge is 2.34. The van der Waals surface area contributed by atoms with Crippen LogP contribution in [0.3, 0.4) is 0 Å². The summed E-state index contributed by atoms with van der Waals surface area (Å²) in [5.74, 6) is -0.772. The van der Waals surface area contributed by atoms with Crippen LogP contribution in [0.4, 0.5) is 4.79 Å². The molecule has 6 nitrogen and oxygen atoms in total. The number of hydrogen-bond donors (Lipinski definition) is 3. The Hall–Kier alpha value is -1.30. The maximum absolute atomic E-state index is 12.1. The first kappa shape index (κ1) is 17.8. The Labute approximate surface area is 127 Å². The van der Waals surface area contributed by atoms with Crippen molar-refractivity contribution in [3.8, 4) is 0 Å². The van der Waals surface area contributed by atoms with Gasteiger partial charge in [0.25, 0.3) is 0 Å². The Morgan fingerprint density at radius 2 is 1.95 bits per heavy atom. The summed E-state index contributed by atoms with van der Waals surface area (Å²) in [5, 5.41) is 15.0. The monoisotopic (exact) mass is 299 g/mol. The highest BCUT2D eigenvalue weighted by molar-refractivity contribution is 5.77. The third-order valence-electron chi connectivity index (χ3n) is 3.83. The largest absolute Gasteiger partial charge is 0.481 e. The van der Waals surface area contributed by atoms with Gasteiger partial charge >= 0.3 is 12.0 Å². The number of nitrogens with one attached hydrogen (secondary N) is 2. The van der Waals surface area contributed by atoms with E-state index >= 15 is 0 Å². The molecule has 21 heavy (non-hydrogen) atoms. The first-order chi connectivity index (χ1) is 9.79. The molecule has 0 aromatic carbocycles. The molecule has 0 heterocycles. The molecule has 0 aromatic heterocycles. The summed E-state index contributed by atoms with van der Waals surface area (Å²) in [5.41, 5.74) is 0. The van der Waals surface area contributed by atoms with Gasteiger partial charge in [-0.2, -0.15) is 0 Å². The topological polar surface area (TPSA) is 81.7 Å². The van der Waals surface area contributed by atoms with Gasteiger partial charge < -0.3 is 20.6 Å². The van der Waals surface area contributed by atoms with E-state index in [2.05, 4.69) is 24.5 Å². The Balaban J connectivity index is 2.51. The van der Waals surface area contributed by atoms with Gasteiger partial charge in [0.05, 0.1) is 5.92 Å². The number of hydrogen-bond acceptors (Lipinski definition) is 3. The molecule has 0 saturated heterocycles. The van der Waals surface area contributed by atoms with E-state index in [4.69, 9.17) is 5.11 Å². The van der Waals surface area contributed by atoms with Crippen LogP contribution >= 0.6 is 0 Å². The molecule has 0 aromatic rings. The predicted molar refractivity (Wildman–Crippen MR) is 82.2 cm³/mol. The molecule has 0 aliphatic heterocycles. The van der Waals surface area contributed by atoms with Crippen LogP contribution in [0.5, 0.6) is 0 Å². The summed E-state index contributed by atoms with van der Waals surface area (Å²) in [7, 11) is 3.95. The average Bonchev–Trinajstić information content (AvgIpc) is 2.74. The highest BCUT2D eigenvalue weighted by Crippen LogP contribution is 2.25. The fourth-order valence-corrected chi connectivity index (χ4v) is 3.01. The highest BCUT2D eigenvalue weighted by atomic mass is 16.4. The summed E-state index contributed by atoms with van der Waals surface area (Å²) in [4.78, 5) is 25.3. The molecule has 3 unspecified atom stereocenters. The standard InChI is InChI=1S/C15H29N3O3/c1-10(2)8-11(9-18(3)4)16-15(21)17-13-7-5-6-12(13)14(19)20/h10-13H,5-9H2,1-4H3,(H,19,20)(H2,16,17,21). The van der Waals surface area contributed by atoms with Crippen molar-refractivity contribution in [2.45, 2.75) is 51.6 Å². The fourth-order valence-electron chi connectivity index (χ4n) is 3.01. The van der Waals surface area contributed by atoms with Crippen LogP contribution in [0.1, 0.15) is 39.5 Å². The predicted octanol–water partition coefficient (Wildman–Crippen LogP) is 1.52. The van der Waals surface area contributed by atoms with Crippen LogP contribution in [0.15, 0.2) is 0 Å². The molecule has 0 spiro atoms. The van der Waals surface area contributed by atoms with Gasteiger partial charge in [-0.25, -0.2) is 4.79 Å². The van der Waals surface area contributed by atoms with Crippen LogP contribution in [0.25, 0.3) is 0 Å². The molecule has 2 amide bonds. The van der Waals surface area contributed by atoms with Gasteiger partial charge in [-0.05, 0) is 39.3 Å². The van der Waals surface area contributed by atoms with Crippen molar-refractivity contribution in [2.75, 3.05) is 20.6 Å². The van der Waals surface area contributed by atoms with Gasteiger partial charge in [-0.1, -0.05) is 20.3 Å². The van der Waals surface area contributed by atoms with Crippen molar-refractivity contribution in [3.05, 3.63) is 0 Å². The number of amides is 2. The van der Waals surface area contributed by atoms with Crippen LogP contribution in [-0.2, 0) is 4.79 Å². The number of urea groups is 1. The van der Waals surface area contributed by atoms with E-state index in [1.165, 1.54) is 0 Å². The molecule has 1 aliphatic rings. The molecule has 1 saturated carbocycles. The second kappa shape index (κ2) is 8.22. The van der Waals surface area contributed by atoms with Crippen LogP contribution in [-0.4, -0.2) is 54.7 Å². The van der Waals surface area contributed by atoms with Crippen LogP contribution in [0, 0.1) is 11.8 Å². The number of carbonyl (C=O) groups excluding carboxylic acids is 1. The minimum Gasteiger partial charge on any atom is -0.481 e. The SMILES string of the molecule is CC(C)CC(CN(C)C)NC(=O)NC1CCCC1C(=O)O. The minimum absolute atomic E-state index is 0.0738. The molecule has 1 fully saturated rings. The Bertz CT molecular complexity index is 348. The average molecular weight is 299 g/mol. The minimum atomic E-state index is -0.815. The molecule has 6 heteroatoms. The molecular formula is C15H29N3O3. The van der Waals surface area contributed by atoms with Gasteiger partial charge in [0.2, 0.25) is 0 Å². The molecule has 1 aliphatic carbocycles. The summed E-state index contributed by atoms with van der Waals surface area (Å²) in [6.45, 7) is 5.03. The van der Waals surface area contributed by atoms with E-state index in [1.54, 1.807) is 0 Å². The third-order valence-corrected chi connectivity index (χ3v) is 3.83. The maximum Gasteiger partial charge on any atom is 0.315 e. The smallest absolute Gasteiger partial charge is 0.315 e. The second-order valence-electron chi connectivity index (χ2n) is 6.69. The molecule has 3 atom stereocenters. The molecule has 3 N–H and O–H groups in total. The lowest BCUT2D eigenvalue weighted by Crippen LogP contribution is -2.51. The molecule has 0 radical (unpaired) electrons. The number of nitrogens with zero attached hydrogens (tertiary/aromatic N) is 1. The van der Waals surface area contributed by atoms with Crippen molar-refractivity contribution in [1.82, 2.24) is 15.5 Å². The Kier molecular flexibility index (Phi) is 6.95. The number of likely N-dealkylation sites (N-methyl/N-ethyl adjacent to an activating group) is 1. The molecule has 122 valence electrons. The summed E-state index contributed by atoms with van der Waals surface area (Å²) in [6.07, 6.45) is 3.15. The normalized spacial score (nSPS) is 23.3. The first-order valence-corrected chi connectivity index (χ1v) is 7.74. The second-order valence-corrected chi connectivity index (χ2v) is 6.69. The zero-order valence-corrected chi connectivity index (χ0v) is 13.6. The van der Waals surface area contributed by atoms with Crippen molar-refractivity contribution in [2.24, 2.45) is 11.8 Å². The lowest BCUT2D eigenvalue weighted by Gasteiger charge is -2.25. The van der Waals surface area contributed by atoms with Gasteiger partial charge in [-0.15, -0.1) is 0 Å². The quantitative estimate of drug-likeness (QED) is 0.665. The van der Waals surface area contributed by atoms with Crippen molar-refractivity contribution >= 4 is 12.0 Å². The summed E-state index contributed by atoms with van der Waals surface area (Å²) >= 11 is 0. The molecule has 0 bridgehead atoms.